The van der Waals surface area contributed by atoms with Crippen molar-refractivity contribution in [2.45, 2.75) is 0 Å². The molecule has 0 aliphatic carbocycles. The molecule has 0 spiro atoms. The van der Waals surface area contributed by atoms with E-state index >= 15 is 0 Å². The number of nitro groups is 1. The van der Waals surface area contributed by atoms with Crippen LogP contribution in [0.15, 0.2) is 18.2 Å². The van der Waals surface area contributed by atoms with Gasteiger partial charge in [-0.3, -0.25) is 14.9 Å². The number of anilines is 1. The lowest BCUT2D eigenvalue weighted by atomic mass is 10.1. The minimum atomic E-state index is -3.18. The molecule has 0 bridgehead atoms. The first kappa shape index (κ1) is 16.9. The first-order chi connectivity index (χ1) is 9.65. The summed E-state index contributed by atoms with van der Waals surface area (Å²) < 4.78 is 22.2. The van der Waals surface area contributed by atoms with Gasteiger partial charge in [-0.25, -0.2) is 8.42 Å². The largest absolute Gasteiger partial charge is 0.383 e. The molecule has 0 atom stereocenters. The van der Waals surface area contributed by atoms with Crippen molar-refractivity contribution in [1.29, 1.82) is 0 Å². The highest BCUT2D eigenvalue weighted by Crippen LogP contribution is 2.25. The average Bonchev–Trinajstić information content (AvgIpc) is 2.42. The summed E-state index contributed by atoms with van der Waals surface area (Å²) in [6.07, 6.45) is 1.08. The Labute approximate surface area is 122 Å². The number of carbonyl (C=O) groups excluding carboxylic acids is 1. The lowest BCUT2D eigenvalue weighted by molar-refractivity contribution is -0.384. The second kappa shape index (κ2) is 6.53. The quantitative estimate of drug-likeness (QED) is 0.613. The number of nitro benzene ring substituents is 1. The van der Waals surface area contributed by atoms with Gasteiger partial charge in [-0.2, -0.15) is 0 Å². The summed E-state index contributed by atoms with van der Waals surface area (Å²) in [7, 11) is -0.186. The van der Waals surface area contributed by atoms with Gasteiger partial charge in [0.25, 0.3) is 11.6 Å². The standard InChI is InChI=1S/C12H17N3O5S/c1-13-10-5-4-9(8-11(10)15(17)18)12(16)14(2)6-7-21(3,19)20/h4-5,8,13H,6-7H2,1-3H3. The van der Waals surface area contributed by atoms with E-state index in [0.717, 1.165) is 6.26 Å². The van der Waals surface area contributed by atoms with Gasteiger partial charge in [0, 0.05) is 38.5 Å². The molecule has 1 rings (SSSR count). The Morgan fingerprint density at radius 3 is 2.52 bits per heavy atom. The van der Waals surface area contributed by atoms with Gasteiger partial charge in [0.15, 0.2) is 0 Å². The molecule has 0 saturated heterocycles. The SMILES string of the molecule is CNc1ccc(C(=O)N(C)CCS(C)(=O)=O)cc1[N+](=O)[O-]. The summed E-state index contributed by atoms with van der Waals surface area (Å²) in [5, 5.41) is 13.6. The Morgan fingerprint density at radius 1 is 1.43 bits per heavy atom. The fourth-order valence-corrected chi connectivity index (χ4v) is 2.26. The van der Waals surface area contributed by atoms with Crippen LogP contribution in [0.25, 0.3) is 0 Å². The molecule has 0 aromatic heterocycles. The maximum atomic E-state index is 12.1. The van der Waals surface area contributed by atoms with Gasteiger partial charge >= 0.3 is 0 Å². The zero-order valence-electron chi connectivity index (χ0n) is 12.0. The molecular weight excluding hydrogens is 298 g/mol. The van der Waals surface area contributed by atoms with Gasteiger partial charge in [-0.05, 0) is 12.1 Å². The smallest absolute Gasteiger partial charge is 0.293 e. The van der Waals surface area contributed by atoms with Crippen LogP contribution in [-0.4, -0.2) is 56.8 Å². The van der Waals surface area contributed by atoms with E-state index in [1.165, 1.54) is 30.1 Å². The monoisotopic (exact) mass is 315 g/mol. The van der Waals surface area contributed by atoms with Gasteiger partial charge in [0.05, 0.1) is 10.7 Å². The third-order valence-corrected chi connectivity index (χ3v) is 3.78. The molecule has 0 fully saturated rings. The zero-order valence-corrected chi connectivity index (χ0v) is 12.8. The Kier molecular flexibility index (Phi) is 5.25. The van der Waals surface area contributed by atoms with Gasteiger partial charge < -0.3 is 10.2 Å². The second-order valence-corrected chi connectivity index (χ2v) is 6.86. The number of sulfone groups is 1. The summed E-state index contributed by atoms with van der Waals surface area (Å²) in [4.78, 5) is 23.7. The molecule has 8 nitrogen and oxygen atoms in total. The number of amides is 1. The van der Waals surface area contributed by atoms with E-state index in [1.807, 2.05) is 0 Å². The first-order valence-corrected chi connectivity index (χ1v) is 8.11. The number of nitrogens with one attached hydrogen (secondary N) is 1. The number of benzene rings is 1. The third kappa shape index (κ3) is 4.71. The second-order valence-electron chi connectivity index (χ2n) is 4.60. The molecule has 0 unspecified atom stereocenters. The lowest BCUT2D eigenvalue weighted by Gasteiger charge is -2.16. The van der Waals surface area contributed by atoms with Gasteiger partial charge in [0.1, 0.15) is 15.5 Å². The molecule has 1 amide bonds. The predicted molar refractivity (Wildman–Crippen MR) is 79.3 cm³/mol. The summed E-state index contributed by atoms with van der Waals surface area (Å²) >= 11 is 0. The Bertz CT molecular complexity index is 657. The number of hydrogen-bond donors (Lipinski definition) is 1. The van der Waals surface area contributed by atoms with Crippen molar-refractivity contribution in [2.24, 2.45) is 0 Å². The molecule has 0 aliphatic rings. The minimum absolute atomic E-state index is 0.0270. The average molecular weight is 315 g/mol. The molecule has 0 aliphatic heterocycles. The normalized spacial score (nSPS) is 11.0. The highest BCUT2D eigenvalue weighted by Gasteiger charge is 2.19. The maximum Gasteiger partial charge on any atom is 0.293 e. The summed E-state index contributed by atoms with van der Waals surface area (Å²) in [6, 6.07) is 4.07. The Morgan fingerprint density at radius 2 is 2.05 bits per heavy atom. The van der Waals surface area contributed by atoms with Crippen LogP contribution < -0.4 is 5.32 Å². The number of nitrogens with zero attached hydrogens (tertiary/aromatic N) is 2. The van der Waals surface area contributed by atoms with E-state index in [1.54, 1.807) is 7.05 Å². The minimum Gasteiger partial charge on any atom is -0.383 e. The Balaban J connectivity index is 2.97. The van der Waals surface area contributed by atoms with Crippen molar-refractivity contribution in [3.63, 3.8) is 0 Å². The first-order valence-electron chi connectivity index (χ1n) is 6.05. The van der Waals surface area contributed by atoms with Crippen molar-refractivity contribution in [2.75, 3.05) is 38.0 Å². The van der Waals surface area contributed by atoms with Crippen LogP contribution in [0.5, 0.6) is 0 Å². The molecule has 116 valence electrons. The third-order valence-electron chi connectivity index (χ3n) is 2.85. The summed E-state index contributed by atoms with van der Waals surface area (Å²) in [5.41, 5.74) is 0.229. The van der Waals surface area contributed by atoms with Gasteiger partial charge in [-0.15, -0.1) is 0 Å². The molecule has 0 heterocycles. The van der Waals surface area contributed by atoms with Crippen molar-refractivity contribution in [1.82, 2.24) is 4.90 Å². The number of hydrogen-bond acceptors (Lipinski definition) is 6. The number of carbonyl (C=O) groups is 1. The lowest BCUT2D eigenvalue weighted by Crippen LogP contribution is -2.31. The zero-order chi connectivity index (χ0) is 16.2. The molecule has 9 heteroatoms. The van der Waals surface area contributed by atoms with Crippen molar-refractivity contribution in [3.05, 3.63) is 33.9 Å². The van der Waals surface area contributed by atoms with Gasteiger partial charge in [0.2, 0.25) is 0 Å². The van der Waals surface area contributed by atoms with Gasteiger partial charge in [-0.1, -0.05) is 0 Å². The van der Waals surface area contributed by atoms with E-state index in [9.17, 15) is 23.3 Å². The van der Waals surface area contributed by atoms with Crippen LogP contribution in [0.3, 0.4) is 0 Å². The van der Waals surface area contributed by atoms with Crippen molar-refractivity contribution in [3.8, 4) is 0 Å². The molecule has 0 radical (unpaired) electrons. The van der Waals surface area contributed by atoms with Crippen LogP contribution in [-0.2, 0) is 9.84 Å². The van der Waals surface area contributed by atoms with E-state index < -0.39 is 20.7 Å². The highest BCUT2D eigenvalue weighted by molar-refractivity contribution is 7.90. The van der Waals surface area contributed by atoms with Crippen molar-refractivity contribution < 1.29 is 18.1 Å². The molecule has 1 aromatic carbocycles. The van der Waals surface area contributed by atoms with E-state index in [0.29, 0.717) is 5.69 Å². The predicted octanol–water partition coefficient (Wildman–Crippen LogP) is 0.753. The highest BCUT2D eigenvalue weighted by atomic mass is 32.2. The Hall–Kier alpha value is -2.16. The molecule has 1 N–H and O–H groups in total. The fourth-order valence-electron chi connectivity index (χ4n) is 1.65. The maximum absolute atomic E-state index is 12.1. The molecule has 0 saturated carbocycles. The van der Waals surface area contributed by atoms with E-state index in [4.69, 9.17) is 0 Å². The summed E-state index contributed by atoms with van der Waals surface area (Å²) in [5.74, 6) is -0.629. The van der Waals surface area contributed by atoms with E-state index in [2.05, 4.69) is 5.32 Å². The van der Waals surface area contributed by atoms with Crippen LogP contribution in [0.2, 0.25) is 0 Å². The van der Waals surface area contributed by atoms with Crippen LogP contribution >= 0.6 is 0 Å². The fraction of sp³-hybridized carbons (Fsp3) is 0.417. The van der Waals surface area contributed by atoms with Crippen molar-refractivity contribution >= 4 is 27.1 Å². The van der Waals surface area contributed by atoms with E-state index in [-0.39, 0.29) is 23.5 Å². The van der Waals surface area contributed by atoms with Crippen LogP contribution in [0.1, 0.15) is 10.4 Å². The summed E-state index contributed by atoms with van der Waals surface area (Å²) in [6.45, 7) is 0.0270. The van der Waals surface area contributed by atoms with Crippen LogP contribution in [0.4, 0.5) is 11.4 Å². The molecule has 1 aromatic rings. The molecular formula is C12H17N3O5S. The van der Waals surface area contributed by atoms with Crippen LogP contribution in [0, 0.1) is 10.1 Å². The molecule has 21 heavy (non-hydrogen) atoms. The topological polar surface area (TPSA) is 110 Å². The number of rotatable bonds is 6.